The highest BCUT2D eigenvalue weighted by atomic mass is 35.5. The van der Waals surface area contributed by atoms with Crippen molar-refractivity contribution >= 4 is 23.0 Å². The zero-order valence-electron chi connectivity index (χ0n) is 12.2. The number of rotatable bonds is 4. The Bertz CT molecular complexity index is 591. The molecular formula is C18H21ClN2. The maximum absolute atomic E-state index is 6.21. The first-order valence-electron chi connectivity index (χ1n) is 7.66. The summed E-state index contributed by atoms with van der Waals surface area (Å²) < 4.78 is 0. The first-order valence-corrected chi connectivity index (χ1v) is 8.03. The number of anilines is 2. The van der Waals surface area contributed by atoms with Crippen molar-refractivity contribution in [3.63, 3.8) is 0 Å². The van der Waals surface area contributed by atoms with E-state index in [0.717, 1.165) is 17.3 Å². The van der Waals surface area contributed by atoms with Crippen molar-refractivity contribution in [1.82, 2.24) is 0 Å². The topological polar surface area (TPSA) is 15.3 Å². The molecule has 2 aromatic carbocycles. The second kappa shape index (κ2) is 6.86. The minimum absolute atomic E-state index is 0.771. The highest BCUT2D eigenvalue weighted by molar-refractivity contribution is 6.33. The second-order valence-corrected chi connectivity index (χ2v) is 5.92. The van der Waals surface area contributed by atoms with E-state index in [1.54, 1.807) is 0 Å². The molecule has 0 aliphatic carbocycles. The Morgan fingerprint density at radius 1 is 0.905 bits per heavy atom. The molecule has 1 aliphatic heterocycles. The molecule has 3 heteroatoms. The number of para-hydroxylation sites is 2. The minimum Gasteiger partial charge on any atom is -0.380 e. The van der Waals surface area contributed by atoms with E-state index in [2.05, 4.69) is 34.5 Å². The van der Waals surface area contributed by atoms with Crippen molar-refractivity contribution < 1.29 is 0 Å². The Morgan fingerprint density at radius 3 is 2.43 bits per heavy atom. The van der Waals surface area contributed by atoms with Crippen LogP contribution in [0, 0.1) is 0 Å². The first kappa shape index (κ1) is 14.3. The van der Waals surface area contributed by atoms with Gasteiger partial charge in [0.2, 0.25) is 0 Å². The maximum atomic E-state index is 6.21. The Kier molecular flexibility index (Phi) is 4.66. The van der Waals surface area contributed by atoms with Gasteiger partial charge in [0.25, 0.3) is 0 Å². The third kappa shape index (κ3) is 3.51. The number of hydrogen-bond acceptors (Lipinski definition) is 2. The van der Waals surface area contributed by atoms with Crippen LogP contribution in [0.2, 0.25) is 5.02 Å². The predicted octanol–water partition coefficient (Wildman–Crippen LogP) is 4.94. The number of piperidine rings is 1. The average molecular weight is 301 g/mol. The van der Waals surface area contributed by atoms with Crippen molar-refractivity contribution in [2.75, 3.05) is 23.3 Å². The molecule has 2 aromatic rings. The number of hydrogen-bond donors (Lipinski definition) is 1. The molecule has 0 radical (unpaired) electrons. The van der Waals surface area contributed by atoms with Crippen molar-refractivity contribution in [3.05, 3.63) is 59.1 Å². The lowest BCUT2D eigenvalue weighted by Crippen LogP contribution is -2.30. The summed E-state index contributed by atoms with van der Waals surface area (Å²) in [6.07, 6.45) is 3.95. The lowest BCUT2D eigenvalue weighted by atomic mass is 10.1. The van der Waals surface area contributed by atoms with E-state index in [4.69, 9.17) is 11.6 Å². The molecule has 1 heterocycles. The van der Waals surface area contributed by atoms with E-state index < -0.39 is 0 Å². The van der Waals surface area contributed by atoms with E-state index in [0.29, 0.717) is 0 Å². The SMILES string of the molecule is Clc1ccccc1NCc1ccccc1N1CCCCC1. The lowest BCUT2D eigenvalue weighted by Gasteiger charge is -2.30. The number of halogens is 1. The molecule has 0 spiro atoms. The smallest absolute Gasteiger partial charge is 0.0637 e. The van der Waals surface area contributed by atoms with E-state index in [1.807, 2.05) is 24.3 Å². The summed E-state index contributed by atoms with van der Waals surface area (Å²) in [5.74, 6) is 0. The van der Waals surface area contributed by atoms with Crippen LogP contribution in [-0.4, -0.2) is 13.1 Å². The zero-order chi connectivity index (χ0) is 14.5. The molecular weight excluding hydrogens is 280 g/mol. The van der Waals surface area contributed by atoms with Gasteiger partial charge in [-0.1, -0.05) is 41.9 Å². The summed E-state index contributed by atoms with van der Waals surface area (Å²) in [5, 5.41) is 4.22. The van der Waals surface area contributed by atoms with Crippen LogP contribution < -0.4 is 10.2 Å². The number of benzene rings is 2. The lowest BCUT2D eigenvalue weighted by molar-refractivity contribution is 0.576. The number of nitrogens with zero attached hydrogens (tertiary/aromatic N) is 1. The molecule has 110 valence electrons. The van der Waals surface area contributed by atoms with Crippen LogP contribution in [0.15, 0.2) is 48.5 Å². The first-order chi connectivity index (χ1) is 10.3. The monoisotopic (exact) mass is 300 g/mol. The molecule has 0 saturated carbocycles. The van der Waals surface area contributed by atoms with Crippen molar-refractivity contribution in [2.24, 2.45) is 0 Å². The molecule has 1 saturated heterocycles. The molecule has 21 heavy (non-hydrogen) atoms. The summed E-state index contributed by atoms with van der Waals surface area (Å²) in [5.41, 5.74) is 3.68. The van der Waals surface area contributed by atoms with Gasteiger partial charge in [-0.25, -0.2) is 0 Å². The van der Waals surface area contributed by atoms with E-state index in [-0.39, 0.29) is 0 Å². The van der Waals surface area contributed by atoms with Crippen molar-refractivity contribution in [1.29, 1.82) is 0 Å². The molecule has 1 aliphatic rings. The average Bonchev–Trinajstić information content (AvgIpc) is 2.55. The standard InChI is InChI=1S/C18H21ClN2/c19-16-9-3-4-10-17(16)20-14-15-8-2-5-11-18(15)21-12-6-1-7-13-21/h2-5,8-11,20H,1,6-7,12-14H2. The fourth-order valence-electron chi connectivity index (χ4n) is 2.90. The van der Waals surface area contributed by atoms with Gasteiger partial charge in [0, 0.05) is 25.3 Å². The Labute approximate surface area is 131 Å². The fraction of sp³-hybridized carbons (Fsp3) is 0.333. The van der Waals surface area contributed by atoms with Crippen LogP contribution in [0.3, 0.4) is 0 Å². The van der Waals surface area contributed by atoms with Crippen LogP contribution >= 0.6 is 11.6 Å². The Balaban J connectivity index is 1.74. The van der Waals surface area contributed by atoms with E-state index in [9.17, 15) is 0 Å². The molecule has 2 nitrogen and oxygen atoms in total. The van der Waals surface area contributed by atoms with Crippen LogP contribution in [-0.2, 0) is 6.54 Å². The number of nitrogens with one attached hydrogen (secondary N) is 1. The summed E-state index contributed by atoms with van der Waals surface area (Å²) >= 11 is 6.21. The largest absolute Gasteiger partial charge is 0.380 e. The molecule has 0 unspecified atom stereocenters. The highest BCUT2D eigenvalue weighted by Crippen LogP contribution is 2.26. The Hall–Kier alpha value is -1.67. The van der Waals surface area contributed by atoms with Crippen LogP contribution in [0.4, 0.5) is 11.4 Å². The Morgan fingerprint density at radius 2 is 1.62 bits per heavy atom. The van der Waals surface area contributed by atoms with Crippen molar-refractivity contribution in [2.45, 2.75) is 25.8 Å². The van der Waals surface area contributed by atoms with Gasteiger partial charge < -0.3 is 10.2 Å². The van der Waals surface area contributed by atoms with Crippen molar-refractivity contribution in [3.8, 4) is 0 Å². The summed E-state index contributed by atoms with van der Waals surface area (Å²) in [4.78, 5) is 2.51. The summed E-state index contributed by atoms with van der Waals surface area (Å²) in [7, 11) is 0. The summed E-state index contributed by atoms with van der Waals surface area (Å²) in [6, 6.07) is 16.6. The molecule has 0 amide bonds. The minimum atomic E-state index is 0.771. The van der Waals surface area contributed by atoms with E-state index in [1.165, 1.54) is 43.6 Å². The third-order valence-electron chi connectivity index (χ3n) is 4.03. The van der Waals surface area contributed by atoms with Gasteiger partial charge in [0.15, 0.2) is 0 Å². The van der Waals surface area contributed by atoms with Gasteiger partial charge in [0.1, 0.15) is 0 Å². The summed E-state index contributed by atoms with van der Waals surface area (Å²) in [6.45, 7) is 3.14. The maximum Gasteiger partial charge on any atom is 0.0637 e. The van der Waals surface area contributed by atoms with Gasteiger partial charge in [-0.05, 0) is 43.0 Å². The van der Waals surface area contributed by atoms with Gasteiger partial charge in [-0.15, -0.1) is 0 Å². The van der Waals surface area contributed by atoms with Crippen LogP contribution in [0.25, 0.3) is 0 Å². The zero-order valence-corrected chi connectivity index (χ0v) is 12.9. The predicted molar refractivity (Wildman–Crippen MR) is 91.3 cm³/mol. The van der Waals surface area contributed by atoms with Gasteiger partial charge >= 0.3 is 0 Å². The molecule has 0 atom stereocenters. The van der Waals surface area contributed by atoms with Crippen LogP contribution in [0.5, 0.6) is 0 Å². The molecule has 1 fully saturated rings. The third-order valence-corrected chi connectivity index (χ3v) is 4.36. The van der Waals surface area contributed by atoms with Gasteiger partial charge in [0.05, 0.1) is 10.7 Å². The van der Waals surface area contributed by atoms with Gasteiger partial charge in [-0.2, -0.15) is 0 Å². The fourth-order valence-corrected chi connectivity index (χ4v) is 3.10. The van der Waals surface area contributed by atoms with Gasteiger partial charge in [-0.3, -0.25) is 0 Å². The highest BCUT2D eigenvalue weighted by Gasteiger charge is 2.13. The molecule has 0 bridgehead atoms. The second-order valence-electron chi connectivity index (χ2n) is 5.51. The quantitative estimate of drug-likeness (QED) is 0.860. The van der Waals surface area contributed by atoms with E-state index >= 15 is 0 Å². The normalized spacial score (nSPS) is 15.0. The molecule has 0 aromatic heterocycles. The molecule has 3 rings (SSSR count). The van der Waals surface area contributed by atoms with Crippen LogP contribution in [0.1, 0.15) is 24.8 Å². The molecule has 1 N–H and O–H groups in total.